The second kappa shape index (κ2) is 13.0. The van der Waals surface area contributed by atoms with Crippen molar-refractivity contribution < 1.29 is 37.4 Å². The van der Waals surface area contributed by atoms with E-state index in [0.717, 1.165) is 35.3 Å². The van der Waals surface area contributed by atoms with Crippen LogP contribution in [0.2, 0.25) is 0 Å². The molecule has 0 aliphatic heterocycles. The molecule has 1 saturated carbocycles. The van der Waals surface area contributed by atoms with Crippen LogP contribution in [0.1, 0.15) is 43.4 Å². The smallest absolute Gasteiger partial charge is 0.411 e. The van der Waals surface area contributed by atoms with Gasteiger partial charge in [-0.1, -0.05) is 36.6 Å². The van der Waals surface area contributed by atoms with E-state index in [4.69, 9.17) is 14.6 Å². The van der Waals surface area contributed by atoms with Gasteiger partial charge in [-0.2, -0.15) is 13.2 Å². The number of hydrogen-bond donors (Lipinski definition) is 1. The molecule has 2 aromatic heterocycles. The molecule has 1 aliphatic rings. The number of carbonyl (C=O) groups is 1. The number of halogens is 3. The van der Waals surface area contributed by atoms with E-state index in [1.807, 2.05) is 29.0 Å². The summed E-state index contributed by atoms with van der Waals surface area (Å²) >= 11 is 0. The van der Waals surface area contributed by atoms with Crippen LogP contribution in [0.15, 0.2) is 53.8 Å². The number of hydrogen-bond acceptors (Lipinski definition) is 6. The summed E-state index contributed by atoms with van der Waals surface area (Å²) in [6.45, 7) is -0.728. The molecule has 1 aliphatic carbocycles. The first-order chi connectivity index (χ1) is 18.7. The lowest BCUT2D eigenvalue weighted by molar-refractivity contribution is -0.192. The van der Waals surface area contributed by atoms with E-state index in [2.05, 4.69) is 9.89 Å². The van der Waals surface area contributed by atoms with Crippen molar-refractivity contribution in [3.63, 3.8) is 0 Å². The zero-order chi connectivity index (χ0) is 27.8. The van der Waals surface area contributed by atoms with Crippen LogP contribution >= 0.6 is 0 Å². The normalized spacial score (nSPS) is 15.8. The third kappa shape index (κ3) is 7.95. The van der Waals surface area contributed by atoms with Crippen molar-refractivity contribution in [2.45, 2.75) is 57.3 Å². The fourth-order valence-corrected chi connectivity index (χ4v) is 4.80. The molecule has 39 heavy (non-hydrogen) atoms. The Bertz CT molecular complexity index is 1270. The molecule has 11 heteroatoms. The maximum Gasteiger partial charge on any atom is 0.411 e. The standard InChI is InChI=1S/C28H32F3N3O5/c1-37-33-25(20-5-3-2-4-6-20)23-12-9-21-13-14-34(26(21)32-23)15-16-38-22-10-7-19(8-11-22)17-24(27(35)36)39-18-28(29,30)31/h7-14,20,24H,2-6,15-18H2,1H3,(H,35,36)/b33-25+/t24-/m0/s1. The Morgan fingerprint density at radius 3 is 2.54 bits per heavy atom. The van der Waals surface area contributed by atoms with Crippen LogP contribution in [0.25, 0.3) is 11.0 Å². The van der Waals surface area contributed by atoms with Crippen molar-refractivity contribution in [3.05, 3.63) is 59.9 Å². The van der Waals surface area contributed by atoms with Gasteiger partial charge in [0.05, 0.1) is 12.2 Å². The molecule has 4 rings (SSSR count). The highest BCUT2D eigenvalue weighted by Gasteiger charge is 2.31. The molecule has 1 N–H and O–H groups in total. The van der Waals surface area contributed by atoms with Crippen molar-refractivity contribution in [1.82, 2.24) is 9.55 Å². The van der Waals surface area contributed by atoms with Crippen LogP contribution in [-0.4, -0.2) is 58.9 Å². The summed E-state index contributed by atoms with van der Waals surface area (Å²) in [6.07, 6.45) is 1.33. The fourth-order valence-electron chi connectivity index (χ4n) is 4.80. The fraction of sp³-hybridized carbons (Fsp3) is 0.464. The van der Waals surface area contributed by atoms with Gasteiger partial charge in [-0.15, -0.1) is 0 Å². The van der Waals surface area contributed by atoms with Gasteiger partial charge < -0.3 is 24.0 Å². The zero-order valence-corrected chi connectivity index (χ0v) is 21.7. The monoisotopic (exact) mass is 547 g/mol. The Morgan fingerprint density at radius 1 is 1.13 bits per heavy atom. The SMILES string of the molecule is CO/N=C(/c1ccc2ccn(CCOc3ccc(C[C@H](OCC(F)(F)F)C(=O)O)cc3)c2n1)C1CCCCC1. The molecular formula is C28H32F3N3O5. The van der Waals surface area contributed by atoms with Crippen LogP contribution in [-0.2, 0) is 27.3 Å². The Balaban J connectivity index is 1.36. The van der Waals surface area contributed by atoms with E-state index in [-0.39, 0.29) is 6.42 Å². The minimum atomic E-state index is -4.59. The number of aromatic nitrogens is 2. The summed E-state index contributed by atoms with van der Waals surface area (Å²) in [5.74, 6) is -0.561. The molecule has 0 amide bonds. The zero-order valence-electron chi connectivity index (χ0n) is 21.7. The Hall–Kier alpha value is -3.60. The number of alkyl halides is 3. The number of ether oxygens (including phenoxy) is 2. The number of rotatable bonds is 12. The number of aliphatic carboxylic acids is 1. The van der Waals surface area contributed by atoms with Crippen LogP contribution < -0.4 is 4.74 Å². The largest absolute Gasteiger partial charge is 0.492 e. The first-order valence-corrected chi connectivity index (χ1v) is 12.9. The summed E-state index contributed by atoms with van der Waals surface area (Å²) < 4.78 is 49.6. The third-order valence-corrected chi connectivity index (χ3v) is 6.72. The molecule has 0 bridgehead atoms. The van der Waals surface area contributed by atoms with Gasteiger partial charge in [0.1, 0.15) is 37.4 Å². The van der Waals surface area contributed by atoms with Gasteiger partial charge in [-0.05, 0) is 48.7 Å². The Kier molecular flexibility index (Phi) is 9.45. The van der Waals surface area contributed by atoms with E-state index in [0.29, 0.717) is 30.4 Å². The number of benzene rings is 1. The molecule has 0 spiro atoms. The summed E-state index contributed by atoms with van der Waals surface area (Å²) in [6, 6.07) is 12.5. The summed E-state index contributed by atoms with van der Waals surface area (Å²) in [5.41, 5.74) is 3.05. The van der Waals surface area contributed by atoms with Gasteiger partial charge in [-0.3, -0.25) is 0 Å². The summed E-state index contributed by atoms with van der Waals surface area (Å²) in [7, 11) is 1.56. The maximum absolute atomic E-state index is 12.4. The van der Waals surface area contributed by atoms with Crippen LogP contribution in [0, 0.1) is 5.92 Å². The minimum absolute atomic E-state index is 0.190. The number of carboxylic acids is 1. The average molecular weight is 548 g/mol. The predicted molar refractivity (Wildman–Crippen MR) is 139 cm³/mol. The molecule has 8 nitrogen and oxygen atoms in total. The third-order valence-electron chi connectivity index (χ3n) is 6.72. The van der Waals surface area contributed by atoms with Crippen LogP contribution in [0.3, 0.4) is 0 Å². The van der Waals surface area contributed by atoms with Gasteiger partial charge in [0, 0.05) is 23.9 Å². The second-order valence-electron chi connectivity index (χ2n) is 9.56. The first-order valence-electron chi connectivity index (χ1n) is 12.9. The lowest BCUT2D eigenvalue weighted by atomic mass is 9.84. The van der Waals surface area contributed by atoms with E-state index < -0.39 is 24.9 Å². The van der Waals surface area contributed by atoms with Gasteiger partial charge in [0.2, 0.25) is 0 Å². The second-order valence-corrected chi connectivity index (χ2v) is 9.56. The van der Waals surface area contributed by atoms with Crippen LogP contribution in [0.5, 0.6) is 5.75 Å². The van der Waals surface area contributed by atoms with Gasteiger partial charge >= 0.3 is 12.1 Å². The van der Waals surface area contributed by atoms with Crippen molar-refractivity contribution in [2.75, 3.05) is 20.3 Å². The highest BCUT2D eigenvalue weighted by molar-refractivity contribution is 6.01. The predicted octanol–water partition coefficient (Wildman–Crippen LogP) is 5.62. The average Bonchev–Trinajstić information content (AvgIpc) is 3.32. The summed E-state index contributed by atoms with van der Waals surface area (Å²) in [5, 5.41) is 14.5. The van der Waals surface area contributed by atoms with Gasteiger partial charge in [0.25, 0.3) is 0 Å². The maximum atomic E-state index is 12.4. The Morgan fingerprint density at radius 2 is 1.87 bits per heavy atom. The molecule has 1 atom stereocenters. The molecule has 1 fully saturated rings. The van der Waals surface area contributed by atoms with Crippen LogP contribution in [0.4, 0.5) is 13.2 Å². The highest BCUT2D eigenvalue weighted by Crippen LogP contribution is 2.28. The van der Waals surface area contributed by atoms with Gasteiger partial charge in [-0.25, -0.2) is 9.78 Å². The molecule has 2 heterocycles. The Labute approximate surface area is 224 Å². The number of nitrogens with zero attached hydrogens (tertiary/aromatic N) is 3. The van der Waals surface area contributed by atoms with E-state index >= 15 is 0 Å². The molecule has 3 aromatic rings. The molecule has 210 valence electrons. The summed E-state index contributed by atoms with van der Waals surface area (Å²) in [4.78, 5) is 21.3. The molecule has 0 saturated heterocycles. The topological polar surface area (TPSA) is 95.2 Å². The lowest BCUT2D eigenvalue weighted by Crippen LogP contribution is -2.31. The van der Waals surface area contributed by atoms with E-state index in [1.165, 1.54) is 19.3 Å². The molecule has 1 aromatic carbocycles. The quantitative estimate of drug-likeness (QED) is 0.234. The molecular weight excluding hydrogens is 515 g/mol. The molecule has 0 radical (unpaired) electrons. The lowest BCUT2D eigenvalue weighted by Gasteiger charge is -2.22. The first kappa shape index (κ1) is 28.4. The van der Waals surface area contributed by atoms with E-state index in [1.54, 1.807) is 31.4 Å². The number of carboxylic acid groups (broad SMARTS) is 1. The van der Waals surface area contributed by atoms with Crippen molar-refractivity contribution in [1.29, 1.82) is 0 Å². The molecule has 0 unspecified atom stereocenters. The minimum Gasteiger partial charge on any atom is -0.492 e. The highest BCUT2D eigenvalue weighted by atomic mass is 19.4. The van der Waals surface area contributed by atoms with Gasteiger partial charge in [0.15, 0.2) is 6.10 Å². The number of pyridine rings is 1. The number of oxime groups is 1. The van der Waals surface area contributed by atoms with E-state index in [9.17, 15) is 23.1 Å². The number of fused-ring (bicyclic) bond motifs is 1. The van der Waals surface area contributed by atoms with Crippen molar-refractivity contribution in [3.8, 4) is 5.75 Å². The van der Waals surface area contributed by atoms with Crippen molar-refractivity contribution in [2.24, 2.45) is 11.1 Å². The van der Waals surface area contributed by atoms with Crippen molar-refractivity contribution >= 4 is 22.7 Å².